The van der Waals surface area contributed by atoms with Gasteiger partial charge in [-0.05, 0) is 25.0 Å². The number of benzene rings is 2. The molecule has 1 atom stereocenters. The van der Waals surface area contributed by atoms with Gasteiger partial charge in [0.15, 0.2) is 0 Å². The summed E-state index contributed by atoms with van der Waals surface area (Å²) in [6.45, 7) is 5.74. The second-order valence-electron chi connectivity index (χ2n) is 5.55. The monoisotopic (exact) mass is 311 g/mol. The molecule has 1 amide bonds. The van der Waals surface area contributed by atoms with Crippen LogP contribution in [-0.4, -0.2) is 11.9 Å². The Morgan fingerprint density at radius 1 is 1.09 bits per heavy atom. The zero-order valence-corrected chi connectivity index (χ0v) is 13.6. The predicted octanol–water partition coefficient (Wildman–Crippen LogP) is 3.22. The molecule has 4 nitrogen and oxygen atoms in total. The number of rotatable bonds is 5. The fourth-order valence-corrected chi connectivity index (χ4v) is 2.39. The van der Waals surface area contributed by atoms with Gasteiger partial charge in [-0.25, -0.2) is 0 Å². The molecule has 2 aromatic rings. The molecule has 0 spiro atoms. The third-order valence-electron chi connectivity index (χ3n) is 3.58. The summed E-state index contributed by atoms with van der Waals surface area (Å²) in [5.41, 5.74) is 3.99. The normalized spacial score (nSPS) is 11.6. The van der Waals surface area contributed by atoms with E-state index in [4.69, 9.17) is 4.74 Å². The maximum atomic E-state index is 12.4. The van der Waals surface area contributed by atoms with Crippen molar-refractivity contribution in [3.05, 3.63) is 70.8 Å². The van der Waals surface area contributed by atoms with Crippen LogP contribution >= 0.6 is 0 Å². The van der Waals surface area contributed by atoms with Gasteiger partial charge in [0.1, 0.15) is 0 Å². The average molecular weight is 311 g/mol. The molecule has 0 aliphatic carbocycles. The largest absolute Gasteiger partial charge is 0.447 e. The smallest absolute Gasteiger partial charge is 0.303 e. The van der Waals surface area contributed by atoms with Crippen LogP contribution in [0.15, 0.2) is 48.5 Å². The lowest BCUT2D eigenvalue weighted by Gasteiger charge is -2.17. The fraction of sp³-hybridized carbons (Fsp3) is 0.263. The first-order chi connectivity index (χ1) is 11.0. The summed E-state index contributed by atoms with van der Waals surface area (Å²) in [5.74, 6) is -0.813. The van der Waals surface area contributed by atoms with Gasteiger partial charge in [0.05, 0.1) is 0 Å². The first-order valence-corrected chi connectivity index (χ1v) is 7.53. The van der Waals surface area contributed by atoms with Gasteiger partial charge in [-0.15, -0.1) is 0 Å². The predicted molar refractivity (Wildman–Crippen MR) is 88.7 cm³/mol. The molecule has 4 heteroatoms. The lowest BCUT2D eigenvalue weighted by Crippen LogP contribution is -2.31. The third-order valence-corrected chi connectivity index (χ3v) is 3.58. The number of aryl methyl sites for hydroxylation is 2. The van der Waals surface area contributed by atoms with E-state index in [9.17, 15) is 9.59 Å². The van der Waals surface area contributed by atoms with E-state index in [0.717, 1.165) is 11.1 Å². The third kappa shape index (κ3) is 4.68. The second kappa shape index (κ2) is 7.58. The maximum absolute atomic E-state index is 12.4. The van der Waals surface area contributed by atoms with Crippen LogP contribution in [0.25, 0.3) is 0 Å². The molecular weight excluding hydrogens is 290 g/mol. The van der Waals surface area contributed by atoms with Crippen molar-refractivity contribution in [2.45, 2.75) is 33.4 Å². The standard InChI is InChI=1S/C19H21NO3/c1-13-9-10-17(14(2)11-13)12-20-19(22)18(23-15(3)21)16-7-5-4-6-8-16/h4-11,18H,12H2,1-3H3,(H,20,22)/t18-/m1/s1. The van der Waals surface area contributed by atoms with Crippen molar-refractivity contribution in [2.75, 3.05) is 0 Å². The zero-order chi connectivity index (χ0) is 16.8. The highest BCUT2D eigenvalue weighted by Gasteiger charge is 2.23. The molecule has 0 aliphatic rings. The van der Waals surface area contributed by atoms with Gasteiger partial charge in [-0.2, -0.15) is 0 Å². The Labute approximate surface area is 136 Å². The summed E-state index contributed by atoms with van der Waals surface area (Å²) in [7, 11) is 0. The van der Waals surface area contributed by atoms with Gasteiger partial charge in [0.25, 0.3) is 5.91 Å². The molecule has 0 fully saturated rings. The summed E-state index contributed by atoms with van der Waals surface area (Å²) >= 11 is 0. The van der Waals surface area contributed by atoms with E-state index >= 15 is 0 Å². The first kappa shape index (κ1) is 16.7. The van der Waals surface area contributed by atoms with Gasteiger partial charge >= 0.3 is 5.97 Å². The fourth-order valence-electron chi connectivity index (χ4n) is 2.39. The van der Waals surface area contributed by atoms with Crippen LogP contribution in [0.5, 0.6) is 0 Å². The molecule has 120 valence electrons. The molecule has 0 aliphatic heterocycles. The number of hydrogen-bond acceptors (Lipinski definition) is 3. The number of carbonyl (C=O) groups is 2. The minimum absolute atomic E-state index is 0.327. The summed E-state index contributed by atoms with van der Waals surface area (Å²) in [5, 5.41) is 2.85. The lowest BCUT2D eigenvalue weighted by molar-refractivity contribution is -0.154. The first-order valence-electron chi connectivity index (χ1n) is 7.53. The summed E-state index contributed by atoms with van der Waals surface area (Å²) < 4.78 is 5.19. The minimum atomic E-state index is -0.931. The highest BCUT2D eigenvalue weighted by molar-refractivity contribution is 5.84. The molecule has 23 heavy (non-hydrogen) atoms. The van der Waals surface area contributed by atoms with Crippen LogP contribution < -0.4 is 5.32 Å². The Balaban J connectivity index is 2.10. The Morgan fingerprint density at radius 2 is 1.78 bits per heavy atom. The zero-order valence-electron chi connectivity index (χ0n) is 13.6. The van der Waals surface area contributed by atoms with Gasteiger partial charge < -0.3 is 10.1 Å². The molecule has 0 unspecified atom stereocenters. The molecule has 2 rings (SSSR count). The van der Waals surface area contributed by atoms with Crippen LogP contribution in [-0.2, 0) is 20.9 Å². The number of carbonyl (C=O) groups excluding carboxylic acids is 2. The summed E-state index contributed by atoms with van der Waals surface area (Å²) in [6, 6.07) is 15.1. The molecule has 2 aromatic carbocycles. The Morgan fingerprint density at radius 3 is 2.39 bits per heavy atom. The van der Waals surface area contributed by atoms with Crippen molar-refractivity contribution in [3.63, 3.8) is 0 Å². The van der Waals surface area contributed by atoms with Gasteiger partial charge in [0, 0.05) is 19.0 Å². The van der Waals surface area contributed by atoms with E-state index in [1.165, 1.54) is 12.5 Å². The minimum Gasteiger partial charge on any atom is -0.447 e. The number of ether oxygens (including phenoxy) is 1. The molecule has 1 N–H and O–H groups in total. The van der Waals surface area contributed by atoms with E-state index in [0.29, 0.717) is 12.1 Å². The molecular formula is C19H21NO3. The van der Waals surface area contributed by atoms with Crippen LogP contribution in [0.2, 0.25) is 0 Å². The van der Waals surface area contributed by atoms with Crippen LogP contribution in [0.3, 0.4) is 0 Å². The van der Waals surface area contributed by atoms with Crippen LogP contribution in [0.1, 0.15) is 35.3 Å². The van der Waals surface area contributed by atoms with Gasteiger partial charge in [0.2, 0.25) is 6.10 Å². The molecule has 0 aromatic heterocycles. The molecule has 0 bridgehead atoms. The molecule has 0 radical (unpaired) electrons. The van der Waals surface area contributed by atoms with E-state index in [2.05, 4.69) is 11.4 Å². The topological polar surface area (TPSA) is 55.4 Å². The quantitative estimate of drug-likeness (QED) is 0.863. The second-order valence-corrected chi connectivity index (χ2v) is 5.55. The van der Waals surface area contributed by atoms with Crippen LogP contribution in [0, 0.1) is 13.8 Å². The van der Waals surface area contributed by atoms with Crippen molar-refractivity contribution in [1.29, 1.82) is 0 Å². The maximum Gasteiger partial charge on any atom is 0.303 e. The summed E-state index contributed by atoms with van der Waals surface area (Å²) in [4.78, 5) is 23.7. The summed E-state index contributed by atoms with van der Waals surface area (Å²) in [6.07, 6.45) is -0.931. The lowest BCUT2D eigenvalue weighted by atomic mass is 10.1. The molecule has 0 saturated carbocycles. The van der Waals surface area contributed by atoms with Crippen molar-refractivity contribution < 1.29 is 14.3 Å². The Hall–Kier alpha value is -2.62. The van der Waals surface area contributed by atoms with E-state index in [-0.39, 0.29) is 5.91 Å². The highest BCUT2D eigenvalue weighted by Crippen LogP contribution is 2.18. The van der Waals surface area contributed by atoms with Crippen molar-refractivity contribution in [2.24, 2.45) is 0 Å². The van der Waals surface area contributed by atoms with E-state index < -0.39 is 12.1 Å². The number of amides is 1. The number of hydrogen-bond donors (Lipinski definition) is 1. The van der Waals surface area contributed by atoms with Gasteiger partial charge in [-0.3, -0.25) is 9.59 Å². The van der Waals surface area contributed by atoms with Gasteiger partial charge in [-0.1, -0.05) is 54.1 Å². The SMILES string of the molecule is CC(=O)O[C@@H](C(=O)NCc1ccc(C)cc1C)c1ccccc1. The van der Waals surface area contributed by atoms with Crippen LogP contribution in [0.4, 0.5) is 0 Å². The number of nitrogens with one attached hydrogen (secondary N) is 1. The Bertz CT molecular complexity index is 695. The highest BCUT2D eigenvalue weighted by atomic mass is 16.5. The molecule has 0 heterocycles. The van der Waals surface area contributed by atoms with Crippen molar-refractivity contribution in [3.8, 4) is 0 Å². The number of esters is 1. The Kier molecular flexibility index (Phi) is 5.52. The average Bonchev–Trinajstić information content (AvgIpc) is 2.52. The van der Waals surface area contributed by atoms with E-state index in [1.54, 1.807) is 12.1 Å². The van der Waals surface area contributed by atoms with Crippen molar-refractivity contribution >= 4 is 11.9 Å². The van der Waals surface area contributed by atoms with Crippen molar-refractivity contribution in [1.82, 2.24) is 5.32 Å². The molecule has 0 saturated heterocycles. The van der Waals surface area contributed by atoms with E-state index in [1.807, 2.05) is 44.2 Å².